The number of nitrogens with one attached hydrogen (secondary N) is 1. The fourth-order valence-corrected chi connectivity index (χ4v) is 2.67. The number of rotatable bonds is 6. The Morgan fingerprint density at radius 3 is 2.57 bits per heavy atom. The number of hydrogen-bond donors (Lipinski definition) is 1. The van der Waals surface area contributed by atoms with Crippen molar-refractivity contribution in [3.63, 3.8) is 0 Å². The van der Waals surface area contributed by atoms with E-state index in [9.17, 15) is 0 Å². The minimum Gasteiger partial charge on any atom is -0.457 e. The topological polar surface area (TPSA) is 21.3 Å². The van der Waals surface area contributed by atoms with E-state index in [1.807, 2.05) is 18.2 Å². The van der Waals surface area contributed by atoms with Crippen molar-refractivity contribution in [2.75, 3.05) is 6.54 Å². The van der Waals surface area contributed by atoms with Crippen molar-refractivity contribution in [1.82, 2.24) is 5.32 Å². The molecule has 112 valence electrons. The summed E-state index contributed by atoms with van der Waals surface area (Å²) in [6.45, 7) is 8.24. The molecule has 1 N–H and O–H groups in total. The van der Waals surface area contributed by atoms with E-state index < -0.39 is 0 Å². The number of aryl methyl sites for hydroxylation is 2. The molecule has 0 saturated heterocycles. The van der Waals surface area contributed by atoms with Gasteiger partial charge in [0.2, 0.25) is 0 Å². The van der Waals surface area contributed by atoms with Gasteiger partial charge in [-0.25, -0.2) is 0 Å². The predicted octanol–water partition coefficient (Wildman–Crippen LogP) is 5.36. The highest BCUT2D eigenvalue weighted by Gasteiger charge is 2.05. The van der Waals surface area contributed by atoms with Crippen LogP contribution in [0.3, 0.4) is 0 Å². The Morgan fingerprint density at radius 1 is 1.10 bits per heavy atom. The summed E-state index contributed by atoms with van der Waals surface area (Å²) in [5.74, 6) is 1.76. The fraction of sp³-hybridized carbons (Fsp3) is 0.333. The lowest BCUT2D eigenvalue weighted by molar-refractivity contribution is 0.478. The molecule has 2 aromatic rings. The molecule has 21 heavy (non-hydrogen) atoms. The average molecular weight is 348 g/mol. The number of benzene rings is 2. The molecule has 2 aromatic carbocycles. The molecule has 0 aliphatic rings. The molecule has 0 heterocycles. The van der Waals surface area contributed by atoms with Gasteiger partial charge in [0.05, 0.1) is 0 Å². The molecule has 0 bridgehead atoms. The molecule has 2 rings (SSSR count). The van der Waals surface area contributed by atoms with Crippen LogP contribution in [-0.2, 0) is 6.54 Å². The van der Waals surface area contributed by atoms with Gasteiger partial charge in [-0.05, 0) is 56.1 Å². The van der Waals surface area contributed by atoms with Crippen LogP contribution >= 0.6 is 15.9 Å². The van der Waals surface area contributed by atoms with Crippen LogP contribution in [0.2, 0.25) is 0 Å². The average Bonchev–Trinajstić information content (AvgIpc) is 2.44. The summed E-state index contributed by atoms with van der Waals surface area (Å²) in [7, 11) is 0. The minimum absolute atomic E-state index is 0.855. The first-order valence-corrected chi connectivity index (χ1v) is 8.13. The lowest BCUT2D eigenvalue weighted by Gasteiger charge is -2.12. The van der Waals surface area contributed by atoms with Gasteiger partial charge in [0.25, 0.3) is 0 Å². The molecule has 0 radical (unpaired) electrons. The zero-order valence-electron chi connectivity index (χ0n) is 12.9. The van der Waals surface area contributed by atoms with E-state index in [0.717, 1.165) is 41.0 Å². The Hall–Kier alpha value is -1.32. The highest BCUT2D eigenvalue weighted by molar-refractivity contribution is 9.10. The monoisotopic (exact) mass is 347 g/mol. The van der Waals surface area contributed by atoms with Crippen LogP contribution in [0.1, 0.15) is 30.0 Å². The first-order chi connectivity index (χ1) is 10.1. The van der Waals surface area contributed by atoms with Gasteiger partial charge in [0.1, 0.15) is 11.5 Å². The lowest BCUT2D eigenvalue weighted by atomic mass is 10.1. The van der Waals surface area contributed by atoms with Crippen LogP contribution in [0.5, 0.6) is 11.5 Å². The summed E-state index contributed by atoms with van der Waals surface area (Å²) in [5.41, 5.74) is 3.65. The molecule has 0 saturated carbocycles. The van der Waals surface area contributed by atoms with Crippen LogP contribution in [0.4, 0.5) is 0 Å². The third-order valence-corrected chi connectivity index (χ3v) is 4.06. The van der Waals surface area contributed by atoms with Gasteiger partial charge in [-0.15, -0.1) is 0 Å². The molecule has 2 nitrogen and oxygen atoms in total. The summed E-state index contributed by atoms with van der Waals surface area (Å²) < 4.78 is 7.05. The predicted molar refractivity (Wildman–Crippen MR) is 92.1 cm³/mol. The second-order valence-corrected chi connectivity index (χ2v) is 6.16. The number of halogens is 1. The van der Waals surface area contributed by atoms with E-state index >= 15 is 0 Å². The Kier molecular flexibility index (Phi) is 5.83. The van der Waals surface area contributed by atoms with E-state index in [1.54, 1.807) is 0 Å². The van der Waals surface area contributed by atoms with Gasteiger partial charge >= 0.3 is 0 Å². The van der Waals surface area contributed by atoms with Crippen molar-refractivity contribution >= 4 is 15.9 Å². The van der Waals surface area contributed by atoms with Crippen molar-refractivity contribution in [3.8, 4) is 11.5 Å². The summed E-state index contributed by atoms with van der Waals surface area (Å²) >= 11 is 3.62. The summed E-state index contributed by atoms with van der Waals surface area (Å²) in [6, 6.07) is 12.4. The molecule has 0 aliphatic heterocycles. The van der Waals surface area contributed by atoms with Crippen LogP contribution in [0, 0.1) is 13.8 Å². The molecule has 0 amide bonds. The van der Waals surface area contributed by atoms with Gasteiger partial charge in [-0.3, -0.25) is 0 Å². The van der Waals surface area contributed by atoms with Gasteiger partial charge in [0, 0.05) is 11.0 Å². The Labute approximate surface area is 135 Å². The first-order valence-electron chi connectivity index (χ1n) is 7.34. The molecule has 0 aromatic heterocycles. The van der Waals surface area contributed by atoms with Crippen molar-refractivity contribution in [2.45, 2.75) is 33.7 Å². The molecule has 0 fully saturated rings. The van der Waals surface area contributed by atoms with Crippen LogP contribution < -0.4 is 10.1 Å². The molecule has 0 atom stereocenters. The summed E-state index contributed by atoms with van der Waals surface area (Å²) in [6.07, 6.45) is 1.14. The van der Waals surface area contributed by atoms with E-state index in [4.69, 9.17) is 4.74 Å². The van der Waals surface area contributed by atoms with Gasteiger partial charge < -0.3 is 10.1 Å². The van der Waals surface area contributed by atoms with Gasteiger partial charge in [0.15, 0.2) is 0 Å². The maximum absolute atomic E-state index is 5.98. The lowest BCUT2D eigenvalue weighted by Crippen LogP contribution is -2.14. The van der Waals surface area contributed by atoms with E-state index in [1.165, 1.54) is 11.1 Å². The summed E-state index contributed by atoms with van der Waals surface area (Å²) in [5, 5.41) is 3.41. The third kappa shape index (κ3) is 4.58. The standard InChI is InChI=1S/C18H22BrNO/c1-4-9-20-12-15-6-7-16(11-17(15)19)21-18-8-5-13(2)10-14(18)3/h5-8,10-11,20H,4,9,12H2,1-3H3. The van der Waals surface area contributed by atoms with Crippen molar-refractivity contribution in [1.29, 1.82) is 0 Å². The minimum atomic E-state index is 0.855. The zero-order chi connectivity index (χ0) is 15.2. The molecule has 0 unspecified atom stereocenters. The number of hydrogen-bond acceptors (Lipinski definition) is 2. The Balaban J connectivity index is 2.09. The smallest absolute Gasteiger partial charge is 0.130 e. The second kappa shape index (κ2) is 7.62. The van der Waals surface area contributed by atoms with Crippen LogP contribution in [0.25, 0.3) is 0 Å². The van der Waals surface area contributed by atoms with Gasteiger partial charge in [-0.1, -0.05) is 46.6 Å². The SMILES string of the molecule is CCCNCc1ccc(Oc2ccc(C)cc2C)cc1Br. The normalized spacial score (nSPS) is 10.7. The largest absolute Gasteiger partial charge is 0.457 e. The summed E-state index contributed by atoms with van der Waals surface area (Å²) in [4.78, 5) is 0. The van der Waals surface area contributed by atoms with Crippen molar-refractivity contribution < 1.29 is 4.74 Å². The van der Waals surface area contributed by atoms with E-state index in [2.05, 4.69) is 60.2 Å². The Morgan fingerprint density at radius 2 is 1.90 bits per heavy atom. The van der Waals surface area contributed by atoms with Crippen molar-refractivity contribution in [2.24, 2.45) is 0 Å². The Bertz CT molecular complexity index is 610. The first kappa shape index (κ1) is 16.1. The molecule has 0 aliphatic carbocycles. The molecular weight excluding hydrogens is 326 g/mol. The highest BCUT2D eigenvalue weighted by atomic mass is 79.9. The molecular formula is C18H22BrNO. The fourth-order valence-electron chi connectivity index (χ4n) is 2.18. The quantitative estimate of drug-likeness (QED) is 0.710. The maximum atomic E-state index is 5.98. The van der Waals surface area contributed by atoms with Crippen molar-refractivity contribution in [3.05, 3.63) is 57.6 Å². The van der Waals surface area contributed by atoms with Crippen LogP contribution in [-0.4, -0.2) is 6.54 Å². The third-order valence-electron chi connectivity index (χ3n) is 3.33. The zero-order valence-corrected chi connectivity index (χ0v) is 14.5. The molecule has 0 spiro atoms. The highest BCUT2D eigenvalue weighted by Crippen LogP contribution is 2.29. The molecule has 3 heteroatoms. The number of ether oxygens (including phenoxy) is 1. The maximum Gasteiger partial charge on any atom is 0.130 e. The second-order valence-electron chi connectivity index (χ2n) is 5.30. The van der Waals surface area contributed by atoms with Crippen LogP contribution in [0.15, 0.2) is 40.9 Å². The van der Waals surface area contributed by atoms with E-state index in [-0.39, 0.29) is 0 Å². The van der Waals surface area contributed by atoms with Gasteiger partial charge in [-0.2, -0.15) is 0 Å². The van der Waals surface area contributed by atoms with E-state index in [0.29, 0.717) is 0 Å².